The van der Waals surface area contributed by atoms with Crippen molar-refractivity contribution in [1.82, 2.24) is 14.9 Å². The summed E-state index contributed by atoms with van der Waals surface area (Å²) in [5, 5.41) is 2.11. The van der Waals surface area contributed by atoms with Crippen LogP contribution in [0.5, 0.6) is 0 Å². The van der Waals surface area contributed by atoms with Crippen LogP contribution in [-0.4, -0.2) is 21.9 Å². The van der Waals surface area contributed by atoms with E-state index in [9.17, 15) is 0 Å². The summed E-state index contributed by atoms with van der Waals surface area (Å²) in [6.07, 6.45) is 0. The Bertz CT molecular complexity index is 702. The molecule has 1 aromatic carbocycles. The molecule has 2 aromatic heterocycles. The van der Waals surface area contributed by atoms with E-state index in [1.165, 1.54) is 4.88 Å². The van der Waals surface area contributed by atoms with Crippen molar-refractivity contribution < 1.29 is 0 Å². The second-order valence-corrected chi connectivity index (χ2v) is 6.05. The summed E-state index contributed by atoms with van der Waals surface area (Å²) >= 11 is 1.79. The lowest BCUT2D eigenvalue weighted by Crippen LogP contribution is -2.21. The summed E-state index contributed by atoms with van der Waals surface area (Å²) in [6.45, 7) is 3.00. The highest BCUT2D eigenvalue weighted by Crippen LogP contribution is 2.24. The van der Waals surface area contributed by atoms with Crippen molar-refractivity contribution >= 4 is 28.1 Å². The highest BCUT2D eigenvalue weighted by molar-refractivity contribution is 7.10. The zero-order chi connectivity index (χ0) is 14.1. The minimum Gasteiger partial charge on any atom is -0.399 e. The second-order valence-electron chi connectivity index (χ2n) is 5.07. The van der Waals surface area contributed by atoms with Gasteiger partial charge in [-0.25, -0.2) is 4.98 Å². The number of hydrogen-bond acceptors (Lipinski definition) is 4. The zero-order valence-electron chi connectivity index (χ0n) is 11.6. The number of thiophene rings is 1. The molecule has 20 heavy (non-hydrogen) atoms. The van der Waals surface area contributed by atoms with Gasteiger partial charge in [-0.3, -0.25) is 4.90 Å². The van der Waals surface area contributed by atoms with E-state index >= 15 is 0 Å². The number of imidazole rings is 1. The molecule has 2 heterocycles. The number of rotatable bonds is 4. The van der Waals surface area contributed by atoms with E-state index in [2.05, 4.69) is 46.4 Å². The number of aromatic nitrogens is 2. The van der Waals surface area contributed by atoms with Crippen molar-refractivity contribution in [3.8, 4) is 0 Å². The van der Waals surface area contributed by atoms with Crippen molar-refractivity contribution in [2.24, 2.45) is 0 Å². The van der Waals surface area contributed by atoms with E-state index in [-0.39, 0.29) is 0 Å². The maximum Gasteiger partial charge on any atom is 0.121 e. The molecule has 1 unspecified atom stereocenters. The number of nitrogens with zero attached hydrogens (tertiary/aromatic N) is 2. The monoisotopic (exact) mass is 286 g/mol. The smallest absolute Gasteiger partial charge is 0.121 e. The molecule has 0 radical (unpaired) electrons. The van der Waals surface area contributed by atoms with E-state index in [0.717, 1.165) is 29.1 Å². The van der Waals surface area contributed by atoms with Gasteiger partial charge in [-0.15, -0.1) is 11.3 Å². The van der Waals surface area contributed by atoms with Gasteiger partial charge in [-0.2, -0.15) is 0 Å². The van der Waals surface area contributed by atoms with Crippen molar-refractivity contribution in [3.63, 3.8) is 0 Å². The molecule has 0 aliphatic heterocycles. The first-order valence-electron chi connectivity index (χ1n) is 6.61. The molecule has 0 aliphatic carbocycles. The molecule has 0 saturated heterocycles. The maximum absolute atomic E-state index is 5.79. The third-order valence-electron chi connectivity index (χ3n) is 3.57. The van der Waals surface area contributed by atoms with E-state index in [0.29, 0.717) is 6.04 Å². The number of nitrogens with two attached hydrogens (primary N) is 1. The average Bonchev–Trinajstić information content (AvgIpc) is 3.05. The number of fused-ring (bicyclic) bond motifs is 1. The maximum atomic E-state index is 5.79. The number of nitrogens with one attached hydrogen (secondary N) is 1. The number of benzene rings is 1. The molecule has 0 saturated carbocycles. The van der Waals surface area contributed by atoms with Crippen LogP contribution in [0.2, 0.25) is 0 Å². The van der Waals surface area contributed by atoms with Gasteiger partial charge in [0.1, 0.15) is 5.82 Å². The van der Waals surface area contributed by atoms with Gasteiger partial charge in [0.05, 0.1) is 17.6 Å². The standard InChI is InChI=1S/C15H18N4S/c1-10(14-4-3-7-20-14)19(2)9-15-17-12-6-5-11(16)8-13(12)18-15/h3-8,10H,9,16H2,1-2H3,(H,17,18). The fourth-order valence-corrected chi connectivity index (χ4v) is 3.12. The third-order valence-corrected chi connectivity index (χ3v) is 4.61. The lowest BCUT2D eigenvalue weighted by atomic mass is 10.2. The highest BCUT2D eigenvalue weighted by Gasteiger charge is 2.14. The lowest BCUT2D eigenvalue weighted by molar-refractivity contribution is 0.251. The molecule has 0 bridgehead atoms. The molecule has 0 amide bonds. The molecule has 0 aliphatic rings. The van der Waals surface area contributed by atoms with Gasteiger partial charge in [0.2, 0.25) is 0 Å². The highest BCUT2D eigenvalue weighted by atomic mass is 32.1. The van der Waals surface area contributed by atoms with Crippen LogP contribution in [0, 0.1) is 0 Å². The first kappa shape index (κ1) is 13.1. The van der Waals surface area contributed by atoms with Gasteiger partial charge in [0.25, 0.3) is 0 Å². The number of nitrogen functional groups attached to an aromatic ring is 1. The zero-order valence-corrected chi connectivity index (χ0v) is 12.4. The van der Waals surface area contributed by atoms with Gasteiger partial charge in [0.15, 0.2) is 0 Å². The number of aromatic amines is 1. The molecule has 4 nitrogen and oxygen atoms in total. The first-order chi connectivity index (χ1) is 9.63. The van der Waals surface area contributed by atoms with Crippen molar-refractivity contribution in [3.05, 3.63) is 46.4 Å². The first-order valence-corrected chi connectivity index (χ1v) is 7.49. The molecule has 5 heteroatoms. The Kier molecular flexibility index (Phi) is 3.46. The molecular weight excluding hydrogens is 268 g/mol. The van der Waals surface area contributed by atoms with Crippen LogP contribution in [0.25, 0.3) is 11.0 Å². The quantitative estimate of drug-likeness (QED) is 0.723. The Morgan fingerprint density at radius 3 is 3.00 bits per heavy atom. The summed E-state index contributed by atoms with van der Waals surface area (Å²) in [5.41, 5.74) is 8.51. The Hall–Kier alpha value is -1.85. The minimum absolute atomic E-state index is 0.383. The lowest BCUT2D eigenvalue weighted by Gasteiger charge is -2.22. The van der Waals surface area contributed by atoms with Crippen LogP contribution in [-0.2, 0) is 6.54 Å². The summed E-state index contributed by atoms with van der Waals surface area (Å²) in [4.78, 5) is 11.6. The fourth-order valence-electron chi connectivity index (χ4n) is 2.27. The van der Waals surface area contributed by atoms with Gasteiger partial charge in [-0.1, -0.05) is 6.07 Å². The molecule has 1 atom stereocenters. The summed E-state index contributed by atoms with van der Waals surface area (Å²) in [5.74, 6) is 0.969. The van der Waals surface area contributed by atoms with E-state index in [1.54, 1.807) is 11.3 Å². The summed E-state index contributed by atoms with van der Waals surface area (Å²) in [6, 6.07) is 10.4. The molecule has 0 fully saturated rings. The Balaban J connectivity index is 1.78. The van der Waals surface area contributed by atoms with Crippen LogP contribution in [0.3, 0.4) is 0 Å². The topological polar surface area (TPSA) is 57.9 Å². The van der Waals surface area contributed by atoms with E-state index in [4.69, 9.17) is 5.73 Å². The minimum atomic E-state index is 0.383. The SMILES string of the molecule is CC(c1cccs1)N(C)Cc1nc2ccc(N)cc2[nH]1. The largest absolute Gasteiger partial charge is 0.399 e. The second kappa shape index (κ2) is 5.26. The van der Waals surface area contributed by atoms with Gasteiger partial charge in [-0.05, 0) is 43.6 Å². The molecule has 3 N–H and O–H groups in total. The average molecular weight is 286 g/mol. The Morgan fingerprint density at radius 2 is 2.25 bits per heavy atom. The van der Waals surface area contributed by atoms with E-state index < -0.39 is 0 Å². The summed E-state index contributed by atoms with van der Waals surface area (Å²) in [7, 11) is 2.12. The van der Waals surface area contributed by atoms with Crippen LogP contribution in [0.15, 0.2) is 35.7 Å². The Labute approximate surface area is 122 Å². The van der Waals surface area contributed by atoms with Crippen LogP contribution in [0.1, 0.15) is 23.7 Å². The van der Waals surface area contributed by atoms with E-state index in [1.807, 2.05) is 18.2 Å². The number of hydrogen-bond donors (Lipinski definition) is 2. The third kappa shape index (κ3) is 2.55. The normalized spacial score (nSPS) is 13.2. The Morgan fingerprint density at radius 1 is 1.40 bits per heavy atom. The molecule has 104 valence electrons. The molecule has 3 rings (SSSR count). The van der Waals surface area contributed by atoms with Crippen molar-refractivity contribution in [2.45, 2.75) is 19.5 Å². The molecule has 0 spiro atoms. The van der Waals surface area contributed by atoms with Gasteiger partial charge >= 0.3 is 0 Å². The van der Waals surface area contributed by atoms with Gasteiger partial charge in [0, 0.05) is 16.6 Å². The predicted octanol–water partition coefficient (Wildman–Crippen LogP) is 3.40. The number of H-pyrrole nitrogens is 1. The molecular formula is C15H18N4S. The van der Waals surface area contributed by atoms with Gasteiger partial charge < -0.3 is 10.7 Å². The number of anilines is 1. The predicted molar refractivity (Wildman–Crippen MR) is 84.7 cm³/mol. The van der Waals surface area contributed by atoms with Crippen molar-refractivity contribution in [2.75, 3.05) is 12.8 Å². The van der Waals surface area contributed by atoms with Crippen LogP contribution >= 0.6 is 11.3 Å². The fraction of sp³-hybridized carbons (Fsp3) is 0.267. The van der Waals surface area contributed by atoms with Crippen molar-refractivity contribution in [1.29, 1.82) is 0 Å². The van der Waals surface area contributed by atoms with Crippen LogP contribution in [0.4, 0.5) is 5.69 Å². The molecule has 3 aromatic rings. The summed E-state index contributed by atoms with van der Waals surface area (Å²) < 4.78 is 0. The van der Waals surface area contributed by atoms with Crippen LogP contribution < -0.4 is 5.73 Å².